The minimum Gasteiger partial charge on any atom is -0.478 e. The van der Waals surface area contributed by atoms with Gasteiger partial charge in [0.15, 0.2) is 5.69 Å². The van der Waals surface area contributed by atoms with E-state index in [4.69, 9.17) is 9.84 Å². The Morgan fingerprint density at radius 2 is 1.94 bits per heavy atom. The fourth-order valence-electron chi connectivity index (χ4n) is 1.22. The highest BCUT2D eigenvalue weighted by atomic mass is 16.6. The first-order valence-electron chi connectivity index (χ1n) is 5.14. The summed E-state index contributed by atoms with van der Waals surface area (Å²) < 4.78 is 5.09. The van der Waals surface area contributed by atoms with Gasteiger partial charge in [-0.15, -0.1) is 0 Å². The molecule has 0 aliphatic rings. The number of carboxylic acids is 1. The molecule has 0 unspecified atom stereocenters. The first-order valence-corrected chi connectivity index (χ1v) is 5.14. The summed E-state index contributed by atoms with van der Waals surface area (Å²) in [6, 6.07) is 1.40. The van der Waals surface area contributed by atoms with Crippen LogP contribution in [0, 0.1) is 6.92 Å². The van der Waals surface area contributed by atoms with Gasteiger partial charge in [-0.3, -0.25) is 0 Å². The zero-order chi connectivity index (χ0) is 13.2. The highest BCUT2D eigenvalue weighted by Crippen LogP contribution is 2.15. The van der Waals surface area contributed by atoms with Crippen molar-refractivity contribution in [2.24, 2.45) is 0 Å². The van der Waals surface area contributed by atoms with Crippen LogP contribution in [0.15, 0.2) is 12.3 Å². The van der Waals surface area contributed by atoms with E-state index in [1.807, 2.05) is 0 Å². The number of hydrogen-bond acceptors (Lipinski definition) is 4. The Labute approximate surface area is 99.4 Å². The van der Waals surface area contributed by atoms with Crippen LogP contribution in [0.1, 0.15) is 47.2 Å². The third-order valence-electron chi connectivity index (χ3n) is 1.85. The third-order valence-corrected chi connectivity index (χ3v) is 1.85. The first kappa shape index (κ1) is 13.2. The van der Waals surface area contributed by atoms with Gasteiger partial charge >= 0.3 is 11.9 Å². The van der Waals surface area contributed by atoms with Crippen LogP contribution in [0.25, 0.3) is 0 Å². The summed E-state index contributed by atoms with van der Waals surface area (Å²) in [5, 5.41) is 8.99. The van der Waals surface area contributed by atoms with Crippen molar-refractivity contribution in [2.45, 2.75) is 33.3 Å². The number of aromatic nitrogens is 1. The fourth-order valence-corrected chi connectivity index (χ4v) is 1.22. The molecule has 0 aliphatic heterocycles. The van der Waals surface area contributed by atoms with Gasteiger partial charge in [-0.2, -0.15) is 0 Å². The van der Waals surface area contributed by atoms with E-state index in [2.05, 4.69) is 4.98 Å². The van der Waals surface area contributed by atoms with Gasteiger partial charge in [0.05, 0.1) is 5.56 Å². The number of carboxylic acid groups (broad SMARTS) is 1. The minimum absolute atomic E-state index is 0.140. The smallest absolute Gasteiger partial charge is 0.358 e. The number of pyridine rings is 1. The van der Waals surface area contributed by atoms with Gasteiger partial charge in [0.2, 0.25) is 0 Å². The van der Waals surface area contributed by atoms with Crippen molar-refractivity contribution in [3.63, 3.8) is 0 Å². The van der Waals surface area contributed by atoms with Gasteiger partial charge in [-0.05, 0) is 39.3 Å². The highest BCUT2D eigenvalue weighted by molar-refractivity contribution is 6.01. The quantitative estimate of drug-likeness (QED) is 0.796. The van der Waals surface area contributed by atoms with E-state index < -0.39 is 17.5 Å². The number of hydrogen-bond donors (Lipinski definition) is 1. The summed E-state index contributed by atoms with van der Waals surface area (Å²) in [5.41, 5.74) is -0.314. The van der Waals surface area contributed by atoms with E-state index in [0.29, 0.717) is 5.56 Å². The van der Waals surface area contributed by atoms with Crippen LogP contribution in [-0.4, -0.2) is 27.6 Å². The lowest BCUT2D eigenvalue weighted by Gasteiger charge is -2.19. The standard InChI is InChI=1S/C12H15NO4/c1-7-5-8(10(14)15)9(13-6-7)11(16)17-12(2,3)4/h5-6H,1-4H3,(H,14,15). The number of ether oxygens (including phenoxy) is 1. The summed E-state index contributed by atoms with van der Waals surface area (Å²) in [6.45, 7) is 6.83. The van der Waals surface area contributed by atoms with Crippen molar-refractivity contribution in [3.05, 3.63) is 29.1 Å². The second-order valence-corrected chi connectivity index (χ2v) is 4.72. The largest absolute Gasteiger partial charge is 0.478 e. The van der Waals surface area contributed by atoms with Crippen molar-refractivity contribution in [1.82, 2.24) is 4.98 Å². The molecule has 0 saturated heterocycles. The summed E-state index contributed by atoms with van der Waals surface area (Å²) in [5.74, 6) is -1.92. The molecule has 1 rings (SSSR count). The monoisotopic (exact) mass is 237 g/mol. The average Bonchev–Trinajstić information content (AvgIpc) is 2.14. The Morgan fingerprint density at radius 1 is 1.35 bits per heavy atom. The van der Waals surface area contributed by atoms with Crippen molar-refractivity contribution in [3.8, 4) is 0 Å². The number of esters is 1. The van der Waals surface area contributed by atoms with Crippen LogP contribution in [-0.2, 0) is 4.74 Å². The fraction of sp³-hybridized carbons (Fsp3) is 0.417. The van der Waals surface area contributed by atoms with Crippen LogP contribution in [0.3, 0.4) is 0 Å². The van der Waals surface area contributed by atoms with E-state index in [1.54, 1.807) is 27.7 Å². The number of aryl methyl sites for hydroxylation is 1. The topological polar surface area (TPSA) is 76.5 Å². The molecular formula is C12H15NO4. The molecule has 5 heteroatoms. The second kappa shape index (κ2) is 4.53. The van der Waals surface area contributed by atoms with Crippen LogP contribution in [0.5, 0.6) is 0 Å². The zero-order valence-electron chi connectivity index (χ0n) is 10.3. The molecule has 0 bridgehead atoms. The van der Waals surface area contributed by atoms with Crippen LogP contribution in [0.2, 0.25) is 0 Å². The van der Waals surface area contributed by atoms with Gasteiger partial charge in [-0.1, -0.05) is 0 Å². The molecule has 5 nitrogen and oxygen atoms in total. The van der Waals surface area contributed by atoms with Gasteiger partial charge in [0, 0.05) is 6.20 Å². The number of carbonyl (C=O) groups is 2. The van der Waals surface area contributed by atoms with Crippen molar-refractivity contribution in [1.29, 1.82) is 0 Å². The van der Waals surface area contributed by atoms with E-state index in [-0.39, 0.29) is 11.3 Å². The summed E-state index contributed by atoms with van der Waals surface area (Å²) in [7, 11) is 0. The normalized spacial score (nSPS) is 11.1. The lowest BCUT2D eigenvalue weighted by atomic mass is 10.1. The molecule has 1 heterocycles. The van der Waals surface area contributed by atoms with Crippen LogP contribution in [0.4, 0.5) is 0 Å². The van der Waals surface area contributed by atoms with E-state index in [0.717, 1.165) is 0 Å². The lowest BCUT2D eigenvalue weighted by Crippen LogP contribution is -2.26. The molecular weight excluding hydrogens is 222 g/mol. The minimum atomic E-state index is -1.19. The maximum Gasteiger partial charge on any atom is 0.358 e. The zero-order valence-corrected chi connectivity index (χ0v) is 10.3. The van der Waals surface area contributed by atoms with Crippen molar-refractivity contribution in [2.75, 3.05) is 0 Å². The molecule has 1 aromatic heterocycles. The molecule has 0 radical (unpaired) electrons. The second-order valence-electron chi connectivity index (χ2n) is 4.72. The van der Waals surface area contributed by atoms with E-state index in [9.17, 15) is 9.59 Å². The molecule has 1 aromatic rings. The first-order chi connectivity index (χ1) is 7.70. The van der Waals surface area contributed by atoms with Crippen molar-refractivity contribution < 1.29 is 19.4 Å². The molecule has 0 fully saturated rings. The Morgan fingerprint density at radius 3 is 2.41 bits per heavy atom. The third kappa shape index (κ3) is 3.55. The maximum absolute atomic E-state index is 11.7. The van der Waals surface area contributed by atoms with Crippen LogP contribution < -0.4 is 0 Å². The molecule has 17 heavy (non-hydrogen) atoms. The van der Waals surface area contributed by atoms with Crippen LogP contribution >= 0.6 is 0 Å². The number of carbonyl (C=O) groups excluding carboxylic acids is 1. The Hall–Kier alpha value is -1.91. The molecule has 0 atom stereocenters. The molecule has 0 saturated carbocycles. The predicted molar refractivity (Wildman–Crippen MR) is 61.1 cm³/mol. The Kier molecular flexibility index (Phi) is 3.50. The Balaban J connectivity index is 3.14. The summed E-state index contributed by atoms with van der Waals surface area (Å²) in [6.07, 6.45) is 1.44. The lowest BCUT2D eigenvalue weighted by molar-refractivity contribution is 0.00589. The van der Waals surface area contributed by atoms with Gasteiger partial charge in [-0.25, -0.2) is 14.6 Å². The number of aromatic carboxylic acids is 1. The Bertz CT molecular complexity index is 460. The molecule has 0 aliphatic carbocycles. The molecule has 0 amide bonds. The summed E-state index contributed by atoms with van der Waals surface area (Å²) >= 11 is 0. The van der Waals surface area contributed by atoms with Gasteiger partial charge in [0.1, 0.15) is 5.60 Å². The summed E-state index contributed by atoms with van der Waals surface area (Å²) in [4.78, 5) is 26.6. The van der Waals surface area contributed by atoms with E-state index in [1.165, 1.54) is 12.3 Å². The predicted octanol–water partition coefficient (Wildman–Crippen LogP) is 2.04. The molecule has 1 N–H and O–H groups in total. The van der Waals surface area contributed by atoms with Gasteiger partial charge in [0.25, 0.3) is 0 Å². The van der Waals surface area contributed by atoms with E-state index >= 15 is 0 Å². The molecule has 92 valence electrons. The van der Waals surface area contributed by atoms with Crippen molar-refractivity contribution >= 4 is 11.9 Å². The molecule has 0 aromatic carbocycles. The number of rotatable bonds is 2. The number of nitrogens with zero attached hydrogens (tertiary/aromatic N) is 1. The maximum atomic E-state index is 11.7. The SMILES string of the molecule is Cc1cnc(C(=O)OC(C)(C)C)c(C(=O)O)c1. The average molecular weight is 237 g/mol. The molecule has 0 spiro atoms. The van der Waals surface area contributed by atoms with Gasteiger partial charge < -0.3 is 9.84 Å². The highest BCUT2D eigenvalue weighted by Gasteiger charge is 2.24.